The minimum Gasteiger partial charge on any atom is -0.505 e. The van der Waals surface area contributed by atoms with Crippen molar-refractivity contribution in [1.82, 2.24) is 0 Å². The van der Waals surface area contributed by atoms with Crippen LogP contribution in [0.5, 0.6) is 23.0 Å². The summed E-state index contributed by atoms with van der Waals surface area (Å²) in [5, 5.41) is 53.9. The molecule has 0 saturated carbocycles. The number of aromatic carboxylic acids is 1. The van der Waals surface area contributed by atoms with Crippen LogP contribution in [-0.4, -0.2) is 69.0 Å². The molecule has 22 nitrogen and oxygen atoms in total. The van der Waals surface area contributed by atoms with Gasteiger partial charge in [-0.15, -0.1) is 20.5 Å². The minimum absolute atomic E-state index is 0.0691. The van der Waals surface area contributed by atoms with Gasteiger partial charge in [0.2, 0.25) is 0 Å². The molecule has 25 heteroatoms. The molecule has 0 bridgehead atoms. The van der Waals surface area contributed by atoms with Crippen LogP contribution in [-0.2, 0) is 31.6 Å². The molecule has 0 aliphatic rings. The number of nitrogens with zero attached hydrogens (tertiary/aromatic N) is 4. The predicted octanol–water partition coefficient (Wildman–Crippen LogP) is 8.53. The third-order valence-electron chi connectivity index (χ3n) is 9.44. The molecule has 7 aromatic rings. The molecule has 0 fully saturated rings. The summed E-state index contributed by atoms with van der Waals surface area (Å²) in [5.41, 5.74) is 3.82. The first-order chi connectivity index (χ1) is 31.2. The van der Waals surface area contributed by atoms with E-state index >= 15 is 0 Å². The van der Waals surface area contributed by atoms with Gasteiger partial charge in [-0.2, -0.15) is 21.0 Å². The van der Waals surface area contributed by atoms with Crippen LogP contribution in [0.1, 0.15) is 20.7 Å². The second-order valence-corrected chi connectivity index (χ2v) is 17.1. The lowest BCUT2D eigenvalue weighted by molar-refractivity contribution is 0.0697. The van der Waals surface area contributed by atoms with E-state index in [9.17, 15) is 59.6 Å². The van der Waals surface area contributed by atoms with Gasteiger partial charge >= 0.3 is 17.3 Å². The van der Waals surface area contributed by atoms with Crippen LogP contribution in [0, 0.1) is 0 Å². The standard InChI is InChI=1S/C41H31N7O15S3/c1-62-32-19-30(28(41(52)53)18-31(32)46-48-37-35(66(59,60)61)16-21-13-23(42)7-10-26(21)39(37)50)45-47-36-33(63-64(54)55)15-22-14-24(8-11-27(22)38(36)49)43-25-9-12-29(34(17-25)65(56,57)58)44-40(51)20-5-3-2-4-6-20/h2-19,43,49-50H,42H2,1H3,(H,44,51)(H,52,53)(H,54,55)(H,56,57,58)(H,59,60,61). The molecule has 7 rings (SSSR count). The van der Waals surface area contributed by atoms with Gasteiger partial charge in [-0.1, -0.05) is 18.2 Å². The number of carbonyl (C=O) groups excluding carboxylic acids is 1. The zero-order chi connectivity index (χ0) is 47.7. The Bertz CT molecular complexity index is 3460. The number of carboxylic acid groups (broad SMARTS) is 1. The van der Waals surface area contributed by atoms with Gasteiger partial charge in [0, 0.05) is 39.5 Å². The number of phenolic OH excluding ortho intramolecular Hbond substituents is 2. The summed E-state index contributed by atoms with van der Waals surface area (Å²) in [6.45, 7) is 0. The van der Waals surface area contributed by atoms with E-state index in [-0.39, 0.29) is 61.3 Å². The second kappa shape index (κ2) is 18.2. The summed E-state index contributed by atoms with van der Waals surface area (Å²) in [7, 11) is -8.72. The summed E-state index contributed by atoms with van der Waals surface area (Å²) in [6.07, 6.45) is 0. The number of hydrogen-bond acceptors (Lipinski definition) is 17. The Labute approximate surface area is 374 Å². The fourth-order valence-electron chi connectivity index (χ4n) is 6.46. The van der Waals surface area contributed by atoms with Crippen LogP contribution in [0.4, 0.5) is 45.5 Å². The topological polar surface area (TPSA) is 359 Å². The number of amides is 1. The number of hydrogen-bond donors (Lipinski definition) is 9. The lowest BCUT2D eigenvalue weighted by Gasteiger charge is -2.14. The number of carbonyl (C=O) groups is 2. The lowest BCUT2D eigenvalue weighted by Crippen LogP contribution is -2.14. The fourth-order valence-corrected chi connectivity index (χ4v) is 8.07. The first-order valence-corrected chi connectivity index (χ1v) is 22.3. The van der Waals surface area contributed by atoms with Crippen molar-refractivity contribution in [3.05, 3.63) is 120 Å². The van der Waals surface area contributed by atoms with Crippen LogP contribution in [0.25, 0.3) is 21.5 Å². The van der Waals surface area contributed by atoms with Crippen molar-refractivity contribution >= 4 is 111 Å². The van der Waals surface area contributed by atoms with E-state index in [0.717, 1.165) is 31.4 Å². The Kier molecular flexibility index (Phi) is 12.7. The highest BCUT2D eigenvalue weighted by Crippen LogP contribution is 2.47. The highest BCUT2D eigenvalue weighted by atomic mass is 32.2. The molecule has 66 heavy (non-hydrogen) atoms. The number of aromatic hydroxyl groups is 2. The first kappa shape index (κ1) is 45.9. The molecule has 0 saturated heterocycles. The zero-order valence-corrected chi connectivity index (χ0v) is 35.8. The van der Waals surface area contributed by atoms with Crippen LogP contribution in [0.2, 0.25) is 0 Å². The quantitative estimate of drug-likeness (QED) is 0.0213. The van der Waals surface area contributed by atoms with Crippen molar-refractivity contribution in [2.75, 3.05) is 23.5 Å². The molecule has 0 spiro atoms. The highest BCUT2D eigenvalue weighted by molar-refractivity contribution is 7.86. The summed E-state index contributed by atoms with van der Waals surface area (Å²) >= 11 is -3.00. The lowest BCUT2D eigenvalue weighted by atomic mass is 10.1. The Balaban J connectivity index is 1.22. The molecule has 338 valence electrons. The van der Waals surface area contributed by atoms with Gasteiger partial charge in [-0.3, -0.25) is 18.5 Å². The maximum Gasteiger partial charge on any atom is 0.357 e. The molecule has 10 N–H and O–H groups in total. The Morgan fingerprint density at radius 3 is 1.94 bits per heavy atom. The number of phenols is 2. The van der Waals surface area contributed by atoms with E-state index in [1.165, 1.54) is 66.7 Å². The number of anilines is 4. The van der Waals surface area contributed by atoms with E-state index in [2.05, 4.69) is 31.1 Å². The predicted molar refractivity (Wildman–Crippen MR) is 239 cm³/mol. The molecule has 0 aliphatic heterocycles. The van der Waals surface area contributed by atoms with Gasteiger partial charge in [0.25, 0.3) is 26.1 Å². The molecule has 0 heterocycles. The number of nitrogens with one attached hydrogen (secondary N) is 2. The normalized spacial score (nSPS) is 12.4. The third kappa shape index (κ3) is 9.84. The molecular formula is C41H31N7O15S3. The highest BCUT2D eigenvalue weighted by Gasteiger charge is 2.24. The number of methoxy groups -OCH3 is 1. The smallest absolute Gasteiger partial charge is 0.357 e. The van der Waals surface area contributed by atoms with Crippen LogP contribution >= 0.6 is 0 Å². The Morgan fingerprint density at radius 2 is 1.29 bits per heavy atom. The van der Waals surface area contributed by atoms with E-state index in [4.69, 9.17) is 14.7 Å². The average Bonchev–Trinajstić information content (AvgIpc) is 3.25. The monoisotopic (exact) mass is 957 g/mol. The molecule has 0 aromatic heterocycles. The van der Waals surface area contributed by atoms with Crippen molar-refractivity contribution in [3.8, 4) is 23.0 Å². The van der Waals surface area contributed by atoms with Gasteiger partial charge in [-0.25, -0.2) is 4.79 Å². The summed E-state index contributed by atoms with van der Waals surface area (Å²) in [5.74, 6) is -4.33. The second-order valence-electron chi connectivity index (χ2n) is 13.7. The summed E-state index contributed by atoms with van der Waals surface area (Å²) in [6, 6.07) is 24.2. The first-order valence-electron chi connectivity index (χ1n) is 18.4. The molecule has 1 amide bonds. The average molecular weight is 958 g/mol. The maximum atomic E-state index is 12.7. The van der Waals surface area contributed by atoms with Gasteiger partial charge in [0.15, 0.2) is 22.9 Å². The number of carboxylic acids is 1. The van der Waals surface area contributed by atoms with Crippen LogP contribution < -0.4 is 25.3 Å². The number of ether oxygens (including phenoxy) is 1. The number of fused-ring (bicyclic) bond motifs is 2. The molecule has 0 aliphatic carbocycles. The van der Waals surface area contributed by atoms with Crippen molar-refractivity contribution in [3.63, 3.8) is 0 Å². The fraction of sp³-hybridized carbons (Fsp3) is 0.0244. The summed E-state index contributed by atoms with van der Waals surface area (Å²) < 4.78 is 101. The molecule has 7 aromatic carbocycles. The Morgan fingerprint density at radius 1 is 0.682 bits per heavy atom. The molecule has 1 atom stereocenters. The largest absolute Gasteiger partial charge is 0.505 e. The van der Waals surface area contributed by atoms with E-state index < -0.39 is 93.1 Å². The van der Waals surface area contributed by atoms with Crippen LogP contribution in [0.3, 0.4) is 0 Å². The van der Waals surface area contributed by atoms with Gasteiger partial charge in [-0.05, 0) is 95.7 Å². The van der Waals surface area contributed by atoms with E-state index in [1.54, 1.807) is 18.2 Å². The summed E-state index contributed by atoms with van der Waals surface area (Å²) in [4.78, 5) is 23.7. The minimum atomic E-state index is -5.02. The van der Waals surface area contributed by atoms with E-state index in [0.29, 0.717) is 0 Å². The zero-order valence-electron chi connectivity index (χ0n) is 33.3. The van der Waals surface area contributed by atoms with Crippen molar-refractivity contribution in [2.24, 2.45) is 20.5 Å². The van der Waals surface area contributed by atoms with Gasteiger partial charge < -0.3 is 40.6 Å². The van der Waals surface area contributed by atoms with Gasteiger partial charge in [0.05, 0.1) is 18.4 Å². The molecule has 0 radical (unpaired) electrons. The number of rotatable bonds is 14. The molecular weight excluding hydrogens is 927 g/mol. The third-order valence-corrected chi connectivity index (χ3v) is 11.5. The molecule has 1 unspecified atom stereocenters. The number of azo groups is 2. The van der Waals surface area contributed by atoms with Crippen molar-refractivity contribution < 1.29 is 68.5 Å². The van der Waals surface area contributed by atoms with E-state index in [1.807, 2.05) is 0 Å². The van der Waals surface area contributed by atoms with Gasteiger partial charge in [0.1, 0.15) is 32.6 Å². The Hall–Kier alpha value is -8.07. The number of nitrogens with two attached hydrogens (primary N) is 1. The maximum absolute atomic E-state index is 12.7. The van der Waals surface area contributed by atoms with Crippen molar-refractivity contribution in [2.45, 2.75) is 9.79 Å². The van der Waals surface area contributed by atoms with Crippen LogP contribution in [0.15, 0.2) is 139 Å². The number of benzene rings is 7. The number of nitrogen functional groups attached to an aromatic ring is 1. The van der Waals surface area contributed by atoms with Crippen molar-refractivity contribution in [1.29, 1.82) is 0 Å². The SMILES string of the molecule is COc1cc(N=Nc2c(OS(=O)O)cc3cc(Nc4ccc(NC(=O)c5ccccc5)c(S(=O)(=O)O)c4)ccc3c2O)c(C(=O)O)cc1N=Nc1c(S(=O)(=O)O)cc2cc(N)ccc2c1O.